The number of aromatic nitrogens is 4. The van der Waals surface area contributed by atoms with E-state index in [0.29, 0.717) is 10.3 Å². The third-order valence-corrected chi connectivity index (χ3v) is 4.10. The Kier molecular flexibility index (Phi) is 4.74. The lowest BCUT2D eigenvalue weighted by molar-refractivity contribution is 0.102. The molecule has 126 valence electrons. The summed E-state index contributed by atoms with van der Waals surface area (Å²) in [5, 5.41) is 2.65. The minimum atomic E-state index is -0.554. The van der Waals surface area contributed by atoms with Crippen molar-refractivity contribution in [2.75, 3.05) is 29.0 Å². The standard InChI is InChI=1S/C14H16BrN7O2/c15-9-7-17-11(16)10(19-9)13(23)20-12-8(6-18-14(24)21-12)22-4-2-1-3-5-22/h6-7H,1-5H2,(H2,16,17)(H2,18,20,21,23,24). The molecule has 3 rings (SSSR count). The van der Waals surface area contributed by atoms with Crippen molar-refractivity contribution in [3.63, 3.8) is 0 Å². The van der Waals surface area contributed by atoms with Crippen molar-refractivity contribution in [1.82, 2.24) is 19.9 Å². The molecule has 24 heavy (non-hydrogen) atoms. The third kappa shape index (κ3) is 3.53. The number of carbonyl (C=O) groups is 1. The van der Waals surface area contributed by atoms with Crippen molar-refractivity contribution in [2.45, 2.75) is 19.3 Å². The third-order valence-electron chi connectivity index (χ3n) is 3.71. The number of carbonyl (C=O) groups excluding carboxylic acids is 1. The zero-order valence-electron chi connectivity index (χ0n) is 12.8. The Hall–Kier alpha value is -2.49. The fourth-order valence-corrected chi connectivity index (χ4v) is 2.85. The molecule has 9 nitrogen and oxygen atoms in total. The molecule has 1 saturated heterocycles. The summed E-state index contributed by atoms with van der Waals surface area (Å²) < 4.78 is 0.390. The van der Waals surface area contributed by atoms with Gasteiger partial charge in [0.25, 0.3) is 5.91 Å². The number of nitrogen functional groups attached to an aromatic ring is 1. The van der Waals surface area contributed by atoms with Gasteiger partial charge in [0, 0.05) is 13.1 Å². The van der Waals surface area contributed by atoms with Gasteiger partial charge >= 0.3 is 5.69 Å². The lowest BCUT2D eigenvalue weighted by atomic mass is 10.1. The molecule has 0 spiro atoms. The first-order valence-corrected chi connectivity index (χ1v) is 8.27. The summed E-state index contributed by atoms with van der Waals surface area (Å²) in [5.74, 6) is -0.267. The molecule has 1 aliphatic rings. The molecular weight excluding hydrogens is 378 g/mol. The maximum absolute atomic E-state index is 12.5. The van der Waals surface area contributed by atoms with E-state index in [0.717, 1.165) is 25.9 Å². The predicted molar refractivity (Wildman–Crippen MR) is 93.0 cm³/mol. The molecule has 1 amide bonds. The Balaban J connectivity index is 1.91. The minimum absolute atomic E-state index is 0.00613. The van der Waals surface area contributed by atoms with Gasteiger partial charge in [0.2, 0.25) is 0 Å². The largest absolute Gasteiger partial charge is 0.382 e. The van der Waals surface area contributed by atoms with Crippen LogP contribution in [-0.2, 0) is 0 Å². The van der Waals surface area contributed by atoms with E-state index < -0.39 is 11.6 Å². The molecule has 0 atom stereocenters. The number of nitrogens with two attached hydrogens (primary N) is 1. The van der Waals surface area contributed by atoms with Crippen molar-refractivity contribution in [2.24, 2.45) is 0 Å². The molecule has 3 heterocycles. The number of halogens is 1. The Labute approximate surface area is 145 Å². The van der Waals surface area contributed by atoms with Crippen LogP contribution in [0.2, 0.25) is 0 Å². The smallest absolute Gasteiger partial charge is 0.346 e. The molecule has 1 aliphatic heterocycles. The fraction of sp³-hybridized carbons (Fsp3) is 0.357. The Morgan fingerprint density at radius 1 is 1.25 bits per heavy atom. The van der Waals surface area contributed by atoms with E-state index >= 15 is 0 Å². The van der Waals surface area contributed by atoms with Crippen LogP contribution in [0.3, 0.4) is 0 Å². The summed E-state index contributed by atoms with van der Waals surface area (Å²) >= 11 is 3.15. The SMILES string of the molecule is Nc1ncc(Br)nc1C(=O)Nc1[nH]c(=O)ncc1N1CCCCC1. The highest BCUT2D eigenvalue weighted by molar-refractivity contribution is 9.10. The summed E-state index contributed by atoms with van der Waals surface area (Å²) in [6.07, 6.45) is 6.14. The maximum Gasteiger partial charge on any atom is 0.346 e. The molecule has 1 fully saturated rings. The van der Waals surface area contributed by atoms with E-state index in [1.54, 1.807) is 0 Å². The Morgan fingerprint density at radius 3 is 2.75 bits per heavy atom. The van der Waals surface area contributed by atoms with Crippen LogP contribution in [-0.4, -0.2) is 38.9 Å². The summed E-state index contributed by atoms with van der Waals surface area (Å²) in [5.41, 5.74) is 5.81. The van der Waals surface area contributed by atoms with Gasteiger partial charge in [-0.05, 0) is 35.2 Å². The number of amides is 1. The summed E-state index contributed by atoms with van der Waals surface area (Å²) in [4.78, 5) is 40.3. The summed E-state index contributed by atoms with van der Waals surface area (Å²) in [6.45, 7) is 1.69. The van der Waals surface area contributed by atoms with Gasteiger partial charge in [-0.2, -0.15) is 4.98 Å². The van der Waals surface area contributed by atoms with Crippen molar-refractivity contribution in [1.29, 1.82) is 0 Å². The van der Waals surface area contributed by atoms with E-state index in [-0.39, 0.29) is 17.3 Å². The molecule has 0 unspecified atom stereocenters. The second kappa shape index (κ2) is 6.95. The summed E-state index contributed by atoms with van der Waals surface area (Å²) in [7, 11) is 0. The van der Waals surface area contributed by atoms with Gasteiger partial charge in [-0.15, -0.1) is 0 Å². The van der Waals surface area contributed by atoms with Crippen molar-refractivity contribution in [3.05, 3.63) is 33.2 Å². The molecule has 0 bridgehead atoms. The van der Waals surface area contributed by atoms with Crippen molar-refractivity contribution >= 4 is 39.2 Å². The average molecular weight is 394 g/mol. The predicted octanol–water partition coefficient (Wildman–Crippen LogP) is 1.15. The van der Waals surface area contributed by atoms with E-state index in [9.17, 15) is 9.59 Å². The summed E-state index contributed by atoms with van der Waals surface area (Å²) in [6, 6.07) is 0. The molecule has 2 aromatic heterocycles. The number of H-pyrrole nitrogens is 1. The van der Waals surface area contributed by atoms with Crippen LogP contribution in [0, 0.1) is 0 Å². The molecular formula is C14H16BrN7O2. The Bertz CT molecular complexity index is 817. The highest BCUT2D eigenvalue weighted by Gasteiger charge is 2.20. The van der Waals surface area contributed by atoms with E-state index in [4.69, 9.17) is 5.73 Å². The number of rotatable bonds is 3. The van der Waals surface area contributed by atoms with Crippen molar-refractivity contribution in [3.8, 4) is 0 Å². The van der Waals surface area contributed by atoms with Gasteiger partial charge in [-0.1, -0.05) is 0 Å². The van der Waals surface area contributed by atoms with Crippen LogP contribution < -0.4 is 21.6 Å². The first kappa shape index (κ1) is 16.4. The van der Waals surface area contributed by atoms with Crippen LogP contribution in [0.25, 0.3) is 0 Å². The van der Waals surface area contributed by atoms with Gasteiger partial charge < -0.3 is 16.0 Å². The molecule has 2 aromatic rings. The molecule has 0 aliphatic carbocycles. The van der Waals surface area contributed by atoms with Crippen LogP contribution >= 0.6 is 15.9 Å². The monoisotopic (exact) mass is 393 g/mol. The first-order chi connectivity index (χ1) is 11.5. The van der Waals surface area contributed by atoms with Crippen molar-refractivity contribution < 1.29 is 4.79 Å². The Morgan fingerprint density at radius 2 is 2.00 bits per heavy atom. The molecule has 0 radical (unpaired) electrons. The minimum Gasteiger partial charge on any atom is -0.382 e. The normalized spacial score (nSPS) is 14.5. The fourth-order valence-electron chi connectivity index (χ4n) is 2.57. The van der Waals surface area contributed by atoms with E-state index in [2.05, 4.69) is 46.1 Å². The van der Waals surface area contributed by atoms with Crippen LogP contribution in [0.15, 0.2) is 21.8 Å². The van der Waals surface area contributed by atoms with Crippen LogP contribution in [0.4, 0.5) is 17.3 Å². The number of nitrogens with one attached hydrogen (secondary N) is 2. The van der Waals surface area contributed by atoms with Crippen LogP contribution in [0.1, 0.15) is 29.8 Å². The van der Waals surface area contributed by atoms with Gasteiger partial charge in [-0.3, -0.25) is 9.78 Å². The van der Waals surface area contributed by atoms with Gasteiger partial charge in [-0.25, -0.2) is 14.8 Å². The van der Waals surface area contributed by atoms with Gasteiger partial charge in [0.1, 0.15) is 10.4 Å². The highest BCUT2D eigenvalue weighted by Crippen LogP contribution is 2.25. The lowest BCUT2D eigenvalue weighted by Gasteiger charge is -2.29. The quantitative estimate of drug-likeness (QED) is 0.712. The van der Waals surface area contributed by atoms with E-state index in [1.165, 1.54) is 18.8 Å². The number of nitrogens with zero attached hydrogens (tertiary/aromatic N) is 4. The second-order valence-electron chi connectivity index (χ2n) is 5.38. The van der Waals surface area contributed by atoms with E-state index in [1.807, 2.05) is 0 Å². The zero-order valence-corrected chi connectivity index (χ0v) is 14.3. The molecule has 0 aromatic carbocycles. The second-order valence-corrected chi connectivity index (χ2v) is 6.19. The van der Waals surface area contributed by atoms with Gasteiger partial charge in [0.15, 0.2) is 11.5 Å². The molecule has 10 heteroatoms. The topological polar surface area (TPSA) is 130 Å². The zero-order chi connectivity index (χ0) is 17.1. The number of aromatic amines is 1. The maximum atomic E-state index is 12.5. The molecule has 0 saturated carbocycles. The lowest BCUT2D eigenvalue weighted by Crippen LogP contribution is -2.32. The number of hydrogen-bond acceptors (Lipinski definition) is 7. The van der Waals surface area contributed by atoms with Gasteiger partial charge in [0.05, 0.1) is 18.1 Å². The highest BCUT2D eigenvalue weighted by atomic mass is 79.9. The molecule has 4 N–H and O–H groups in total. The first-order valence-electron chi connectivity index (χ1n) is 7.48. The average Bonchev–Trinajstić information content (AvgIpc) is 2.58. The number of hydrogen-bond donors (Lipinski definition) is 3. The number of anilines is 3. The number of piperidine rings is 1. The van der Waals surface area contributed by atoms with Crippen LogP contribution in [0.5, 0.6) is 0 Å².